The van der Waals surface area contributed by atoms with Gasteiger partial charge in [0.2, 0.25) is 0 Å². The van der Waals surface area contributed by atoms with Crippen molar-refractivity contribution in [2.24, 2.45) is 5.92 Å². The van der Waals surface area contributed by atoms with Gasteiger partial charge in [-0.3, -0.25) is 0 Å². The summed E-state index contributed by atoms with van der Waals surface area (Å²) in [5, 5.41) is 3.33. The van der Waals surface area contributed by atoms with E-state index in [9.17, 15) is 0 Å². The van der Waals surface area contributed by atoms with Crippen LogP contribution >= 0.6 is 11.5 Å². The summed E-state index contributed by atoms with van der Waals surface area (Å²) >= 11 is 1.68. The van der Waals surface area contributed by atoms with Crippen LogP contribution in [0.25, 0.3) is 10.2 Å². The second kappa shape index (κ2) is 5.33. The molecule has 0 radical (unpaired) electrons. The second-order valence-corrected chi connectivity index (χ2v) is 5.00. The maximum Gasteiger partial charge on any atom is 0.0683 e. The molecular weight excluding hydrogens is 204 g/mol. The lowest BCUT2D eigenvalue weighted by Gasteiger charge is -2.17. The molecule has 1 aliphatic rings. The summed E-state index contributed by atoms with van der Waals surface area (Å²) in [5.74, 6) is 0.925. The minimum atomic E-state index is 0.925. The third-order valence-electron chi connectivity index (χ3n) is 2.70. The Balaban J connectivity index is 0.000000115. The highest BCUT2D eigenvalue weighted by Crippen LogP contribution is 2.17. The predicted molar refractivity (Wildman–Crippen MR) is 67.4 cm³/mol. The first-order chi connectivity index (χ1) is 7.36. The number of rotatable bonds is 0. The molecular formula is C12H18N2S. The molecule has 1 aliphatic heterocycles. The third kappa shape index (κ3) is 3.08. The number of piperidine rings is 1. The van der Waals surface area contributed by atoms with Gasteiger partial charge in [-0.05, 0) is 44.0 Å². The number of hydrogen-bond acceptors (Lipinski definition) is 2. The Kier molecular flexibility index (Phi) is 3.80. The van der Waals surface area contributed by atoms with E-state index in [0.717, 1.165) is 5.92 Å². The second-order valence-electron chi connectivity index (χ2n) is 4.15. The Morgan fingerprint density at radius 2 is 2.20 bits per heavy atom. The molecule has 2 N–H and O–H groups in total. The van der Waals surface area contributed by atoms with Crippen molar-refractivity contribution in [2.45, 2.75) is 19.8 Å². The van der Waals surface area contributed by atoms with Crippen LogP contribution in [0, 0.1) is 5.92 Å². The maximum atomic E-state index is 3.33. The van der Waals surface area contributed by atoms with Crippen molar-refractivity contribution in [3.8, 4) is 0 Å². The summed E-state index contributed by atoms with van der Waals surface area (Å²) in [7, 11) is 0. The maximum absolute atomic E-state index is 3.33. The van der Waals surface area contributed by atoms with Gasteiger partial charge in [0.05, 0.1) is 10.2 Å². The minimum absolute atomic E-state index is 0.925. The molecule has 0 aliphatic carbocycles. The normalized spacial score (nSPS) is 21.0. The van der Waals surface area contributed by atoms with Crippen LogP contribution < -0.4 is 5.32 Å². The molecule has 15 heavy (non-hydrogen) atoms. The molecule has 0 bridgehead atoms. The van der Waals surface area contributed by atoms with Crippen molar-refractivity contribution in [1.82, 2.24) is 9.69 Å². The standard InChI is InChI=1S/C6H5NS.C6H13N/c1-2-4-6-5(3-1)7-8-6;1-6-3-2-4-7-5-6/h1-4,7H;6-7H,2-5H2,1H3. The van der Waals surface area contributed by atoms with E-state index in [1.165, 1.54) is 36.1 Å². The van der Waals surface area contributed by atoms with Gasteiger partial charge in [0.25, 0.3) is 0 Å². The number of aromatic nitrogens is 1. The Morgan fingerprint density at radius 3 is 2.53 bits per heavy atom. The number of nitrogens with one attached hydrogen (secondary N) is 2. The monoisotopic (exact) mass is 222 g/mol. The van der Waals surface area contributed by atoms with Crippen LogP contribution in [-0.4, -0.2) is 17.5 Å². The summed E-state index contributed by atoms with van der Waals surface area (Å²) in [5.41, 5.74) is 1.26. The van der Waals surface area contributed by atoms with Crippen LogP contribution in [0.15, 0.2) is 24.3 Å². The Labute approximate surface area is 94.8 Å². The zero-order valence-corrected chi connectivity index (χ0v) is 9.94. The lowest BCUT2D eigenvalue weighted by Crippen LogP contribution is -2.27. The largest absolute Gasteiger partial charge is 0.316 e. The van der Waals surface area contributed by atoms with Gasteiger partial charge in [-0.1, -0.05) is 30.6 Å². The summed E-state index contributed by atoms with van der Waals surface area (Å²) in [6, 6.07) is 8.26. The van der Waals surface area contributed by atoms with Crippen LogP contribution in [0.5, 0.6) is 0 Å². The highest BCUT2D eigenvalue weighted by Gasteiger charge is 2.04. The third-order valence-corrected chi connectivity index (χ3v) is 3.60. The van der Waals surface area contributed by atoms with Crippen LogP contribution in [0.2, 0.25) is 0 Å². The van der Waals surface area contributed by atoms with Gasteiger partial charge < -0.3 is 9.69 Å². The molecule has 2 nitrogen and oxygen atoms in total. The quantitative estimate of drug-likeness (QED) is 0.703. The number of fused-ring (bicyclic) bond motifs is 1. The van der Waals surface area contributed by atoms with Crippen molar-refractivity contribution < 1.29 is 0 Å². The van der Waals surface area contributed by atoms with Crippen LogP contribution in [0.1, 0.15) is 19.8 Å². The summed E-state index contributed by atoms with van der Waals surface area (Å²) < 4.78 is 4.46. The molecule has 3 rings (SSSR count). The molecule has 1 aromatic carbocycles. The van der Waals surface area contributed by atoms with E-state index in [-0.39, 0.29) is 0 Å². The van der Waals surface area contributed by atoms with Gasteiger partial charge in [0.15, 0.2) is 0 Å². The number of benzene rings is 1. The molecule has 0 amide bonds. The Morgan fingerprint density at radius 1 is 1.33 bits per heavy atom. The Bertz CT molecular complexity index is 355. The van der Waals surface area contributed by atoms with Gasteiger partial charge in [-0.25, -0.2) is 0 Å². The fraction of sp³-hybridized carbons (Fsp3) is 0.500. The summed E-state index contributed by atoms with van der Waals surface area (Å²) in [4.78, 5) is 0. The molecule has 82 valence electrons. The smallest absolute Gasteiger partial charge is 0.0683 e. The summed E-state index contributed by atoms with van der Waals surface area (Å²) in [6.45, 7) is 4.77. The zero-order chi connectivity index (χ0) is 10.5. The molecule has 3 heteroatoms. The van der Waals surface area contributed by atoms with Crippen molar-refractivity contribution >= 4 is 21.7 Å². The number of para-hydroxylation sites is 1. The molecule has 1 fully saturated rings. The highest BCUT2D eigenvalue weighted by atomic mass is 32.1. The highest BCUT2D eigenvalue weighted by molar-refractivity contribution is 7.15. The summed E-state index contributed by atoms with van der Waals surface area (Å²) in [6.07, 6.45) is 2.80. The van der Waals surface area contributed by atoms with Crippen LogP contribution in [-0.2, 0) is 0 Å². The lowest BCUT2D eigenvalue weighted by molar-refractivity contribution is 0.405. The first-order valence-corrected chi connectivity index (χ1v) is 6.40. The first kappa shape index (κ1) is 10.7. The minimum Gasteiger partial charge on any atom is -0.316 e. The molecule has 0 spiro atoms. The number of aromatic amines is 1. The molecule has 2 aromatic rings. The van der Waals surface area contributed by atoms with Gasteiger partial charge >= 0.3 is 0 Å². The van der Waals surface area contributed by atoms with Crippen molar-refractivity contribution in [2.75, 3.05) is 13.1 Å². The van der Waals surface area contributed by atoms with Gasteiger partial charge in [-0.2, -0.15) is 0 Å². The molecule has 2 heterocycles. The molecule has 1 saturated heterocycles. The lowest BCUT2D eigenvalue weighted by atomic mass is 10.0. The fourth-order valence-electron chi connectivity index (χ4n) is 1.73. The van der Waals surface area contributed by atoms with Crippen LogP contribution in [0.4, 0.5) is 0 Å². The van der Waals surface area contributed by atoms with Gasteiger partial charge in [0.1, 0.15) is 0 Å². The van der Waals surface area contributed by atoms with E-state index in [1.807, 2.05) is 12.1 Å². The first-order valence-electron chi connectivity index (χ1n) is 5.59. The number of hydrogen-bond donors (Lipinski definition) is 2. The van der Waals surface area contributed by atoms with E-state index < -0.39 is 0 Å². The topological polar surface area (TPSA) is 27.8 Å². The van der Waals surface area contributed by atoms with Gasteiger partial charge in [0, 0.05) is 0 Å². The van der Waals surface area contributed by atoms with E-state index in [4.69, 9.17) is 0 Å². The molecule has 1 atom stereocenters. The van der Waals surface area contributed by atoms with E-state index in [1.54, 1.807) is 11.5 Å². The fourth-order valence-corrected chi connectivity index (χ4v) is 2.35. The van der Waals surface area contributed by atoms with E-state index >= 15 is 0 Å². The zero-order valence-electron chi connectivity index (χ0n) is 9.12. The molecule has 1 unspecified atom stereocenters. The van der Waals surface area contributed by atoms with Crippen molar-refractivity contribution in [3.05, 3.63) is 24.3 Å². The van der Waals surface area contributed by atoms with Crippen molar-refractivity contribution in [3.63, 3.8) is 0 Å². The SMILES string of the molecule is CC1CCCNC1.c1ccc2s[nH]c2c1. The molecule has 1 aromatic heterocycles. The average Bonchev–Trinajstić information content (AvgIpc) is 2.22. The molecule has 0 saturated carbocycles. The number of H-pyrrole nitrogens is 1. The van der Waals surface area contributed by atoms with Gasteiger partial charge in [-0.15, -0.1) is 0 Å². The van der Waals surface area contributed by atoms with E-state index in [0.29, 0.717) is 0 Å². The average molecular weight is 222 g/mol. The van der Waals surface area contributed by atoms with Crippen LogP contribution in [0.3, 0.4) is 0 Å². The predicted octanol–water partition coefficient (Wildman–Crippen LogP) is 3.24. The van der Waals surface area contributed by atoms with E-state index in [2.05, 4.69) is 28.7 Å². The van der Waals surface area contributed by atoms with Crippen molar-refractivity contribution in [1.29, 1.82) is 0 Å². The Hall–Kier alpha value is -0.800.